The molecular formula is C18H17Cl2N3O2. The van der Waals surface area contributed by atoms with Crippen LogP contribution in [-0.2, 0) is 9.59 Å². The van der Waals surface area contributed by atoms with Gasteiger partial charge in [-0.1, -0.05) is 23.2 Å². The molecule has 0 aromatic heterocycles. The summed E-state index contributed by atoms with van der Waals surface area (Å²) in [5.74, 6) is -1.55. The third kappa shape index (κ3) is 4.65. The van der Waals surface area contributed by atoms with Gasteiger partial charge in [-0.25, -0.2) is 0 Å². The van der Waals surface area contributed by atoms with Gasteiger partial charge >= 0.3 is 11.8 Å². The molecule has 2 aromatic rings. The van der Waals surface area contributed by atoms with Crippen LogP contribution in [0.15, 0.2) is 42.5 Å². The van der Waals surface area contributed by atoms with E-state index in [1.54, 1.807) is 18.2 Å². The lowest BCUT2D eigenvalue weighted by Gasteiger charge is -2.17. The Kier molecular flexibility index (Phi) is 5.46. The number of hydrogen-bond acceptors (Lipinski definition) is 3. The minimum absolute atomic E-state index is 0.363. The van der Waals surface area contributed by atoms with E-state index in [0.717, 1.165) is 18.8 Å². The molecule has 3 rings (SSSR count). The predicted octanol–water partition coefficient (Wildman–Crippen LogP) is 4.17. The van der Waals surface area contributed by atoms with Crippen molar-refractivity contribution in [3.8, 4) is 0 Å². The summed E-state index contributed by atoms with van der Waals surface area (Å²) >= 11 is 11.7. The Morgan fingerprint density at radius 3 is 1.88 bits per heavy atom. The number of nitrogens with zero attached hydrogens (tertiary/aromatic N) is 1. The number of hydrogen-bond donors (Lipinski definition) is 2. The second-order valence-electron chi connectivity index (χ2n) is 5.81. The molecule has 0 saturated carbocycles. The number of nitrogens with one attached hydrogen (secondary N) is 2. The lowest BCUT2D eigenvalue weighted by atomic mass is 10.2. The van der Waals surface area contributed by atoms with Crippen molar-refractivity contribution in [1.29, 1.82) is 0 Å². The van der Waals surface area contributed by atoms with Gasteiger partial charge in [0.25, 0.3) is 0 Å². The van der Waals surface area contributed by atoms with Crippen LogP contribution in [0.5, 0.6) is 0 Å². The first-order valence-electron chi connectivity index (χ1n) is 7.95. The van der Waals surface area contributed by atoms with Gasteiger partial charge < -0.3 is 15.5 Å². The highest BCUT2D eigenvalue weighted by molar-refractivity contribution is 6.44. The van der Waals surface area contributed by atoms with Crippen molar-refractivity contribution in [2.75, 3.05) is 28.6 Å². The monoisotopic (exact) mass is 377 g/mol. The molecule has 1 aliphatic rings. The van der Waals surface area contributed by atoms with Crippen molar-refractivity contribution in [3.63, 3.8) is 0 Å². The van der Waals surface area contributed by atoms with Crippen molar-refractivity contribution < 1.29 is 9.59 Å². The van der Waals surface area contributed by atoms with Crippen LogP contribution < -0.4 is 15.5 Å². The summed E-state index contributed by atoms with van der Waals surface area (Å²) in [5, 5.41) is 5.80. The van der Waals surface area contributed by atoms with Crippen LogP contribution in [0.25, 0.3) is 0 Å². The zero-order valence-electron chi connectivity index (χ0n) is 13.4. The Hall–Kier alpha value is -2.24. The van der Waals surface area contributed by atoms with E-state index in [9.17, 15) is 9.59 Å². The summed E-state index contributed by atoms with van der Waals surface area (Å²) in [5.41, 5.74) is 2.04. The molecule has 5 nitrogen and oxygen atoms in total. The first kappa shape index (κ1) is 17.6. The number of amides is 2. The van der Waals surface area contributed by atoms with Gasteiger partial charge in [-0.15, -0.1) is 0 Å². The molecule has 2 aromatic carbocycles. The predicted molar refractivity (Wildman–Crippen MR) is 102 cm³/mol. The average molecular weight is 378 g/mol. The number of anilines is 3. The lowest BCUT2D eigenvalue weighted by molar-refractivity contribution is -0.132. The minimum atomic E-state index is -0.790. The van der Waals surface area contributed by atoms with Crippen LogP contribution >= 0.6 is 23.2 Å². The SMILES string of the molecule is O=C(Nc1ccc(N2CCCC2)cc1)C(=O)Nc1cc(Cl)cc(Cl)c1. The van der Waals surface area contributed by atoms with Gasteiger partial charge in [-0.2, -0.15) is 0 Å². The van der Waals surface area contributed by atoms with Gasteiger partial charge in [0.05, 0.1) is 0 Å². The van der Waals surface area contributed by atoms with Crippen LogP contribution in [0.1, 0.15) is 12.8 Å². The topological polar surface area (TPSA) is 61.4 Å². The highest BCUT2D eigenvalue weighted by Crippen LogP contribution is 2.23. The van der Waals surface area contributed by atoms with Gasteiger partial charge in [0, 0.05) is 40.2 Å². The number of halogens is 2. The van der Waals surface area contributed by atoms with E-state index in [4.69, 9.17) is 23.2 Å². The van der Waals surface area contributed by atoms with Gasteiger partial charge in [0.15, 0.2) is 0 Å². The van der Waals surface area contributed by atoms with Crippen LogP contribution in [-0.4, -0.2) is 24.9 Å². The largest absolute Gasteiger partial charge is 0.372 e. The Bertz CT molecular complexity index is 767. The van der Waals surface area contributed by atoms with Crippen molar-refractivity contribution in [2.45, 2.75) is 12.8 Å². The van der Waals surface area contributed by atoms with Crippen molar-refractivity contribution >= 4 is 52.1 Å². The van der Waals surface area contributed by atoms with Crippen molar-refractivity contribution in [2.24, 2.45) is 0 Å². The zero-order valence-corrected chi connectivity index (χ0v) is 14.9. The Balaban J connectivity index is 1.60. The molecular weight excluding hydrogens is 361 g/mol. The van der Waals surface area contributed by atoms with E-state index in [1.807, 2.05) is 12.1 Å². The third-order valence-corrected chi connectivity index (χ3v) is 4.36. The summed E-state index contributed by atoms with van der Waals surface area (Å²) < 4.78 is 0. The minimum Gasteiger partial charge on any atom is -0.372 e. The smallest absolute Gasteiger partial charge is 0.314 e. The summed E-state index contributed by atoms with van der Waals surface area (Å²) in [6, 6.07) is 12.0. The second kappa shape index (κ2) is 7.76. The fraction of sp³-hybridized carbons (Fsp3) is 0.222. The Labute approximate surface area is 155 Å². The van der Waals surface area contributed by atoms with Gasteiger partial charge in [-0.3, -0.25) is 9.59 Å². The molecule has 0 atom stereocenters. The van der Waals surface area contributed by atoms with E-state index in [0.29, 0.717) is 21.4 Å². The maximum absolute atomic E-state index is 12.0. The fourth-order valence-corrected chi connectivity index (χ4v) is 3.26. The van der Waals surface area contributed by atoms with E-state index in [1.165, 1.54) is 25.0 Å². The highest BCUT2D eigenvalue weighted by atomic mass is 35.5. The molecule has 0 unspecified atom stereocenters. The Morgan fingerprint density at radius 1 is 0.800 bits per heavy atom. The normalized spacial score (nSPS) is 13.6. The quantitative estimate of drug-likeness (QED) is 0.788. The molecule has 25 heavy (non-hydrogen) atoms. The molecule has 0 spiro atoms. The maximum Gasteiger partial charge on any atom is 0.314 e. The maximum atomic E-state index is 12.0. The molecule has 2 amide bonds. The molecule has 0 aliphatic carbocycles. The lowest BCUT2D eigenvalue weighted by Crippen LogP contribution is -2.29. The number of rotatable bonds is 3. The fourth-order valence-electron chi connectivity index (χ4n) is 2.73. The molecule has 1 heterocycles. The molecule has 1 fully saturated rings. The van der Waals surface area contributed by atoms with Crippen LogP contribution in [0.4, 0.5) is 17.1 Å². The molecule has 0 bridgehead atoms. The molecule has 0 radical (unpaired) electrons. The van der Waals surface area contributed by atoms with Crippen molar-refractivity contribution in [3.05, 3.63) is 52.5 Å². The molecule has 1 aliphatic heterocycles. The summed E-state index contributed by atoms with van der Waals surface area (Å²) in [4.78, 5) is 26.3. The van der Waals surface area contributed by atoms with E-state index in [-0.39, 0.29) is 0 Å². The number of carbonyl (C=O) groups excluding carboxylic acids is 2. The summed E-state index contributed by atoms with van der Waals surface area (Å²) in [6.07, 6.45) is 2.40. The van der Waals surface area contributed by atoms with Crippen LogP contribution in [0, 0.1) is 0 Å². The summed E-state index contributed by atoms with van der Waals surface area (Å²) in [6.45, 7) is 2.10. The first-order valence-corrected chi connectivity index (χ1v) is 8.70. The van der Waals surface area contributed by atoms with E-state index < -0.39 is 11.8 Å². The first-order chi connectivity index (χ1) is 12.0. The standard InChI is InChI=1S/C18H17Cl2N3O2/c19-12-9-13(20)11-15(10-12)22-18(25)17(24)21-14-3-5-16(6-4-14)23-7-1-2-8-23/h3-6,9-11H,1-2,7-8H2,(H,21,24)(H,22,25). The van der Waals surface area contributed by atoms with Crippen molar-refractivity contribution in [1.82, 2.24) is 0 Å². The van der Waals surface area contributed by atoms with Gasteiger partial charge in [0.2, 0.25) is 0 Å². The molecule has 2 N–H and O–H groups in total. The van der Waals surface area contributed by atoms with Gasteiger partial charge in [-0.05, 0) is 55.3 Å². The Morgan fingerprint density at radius 2 is 1.32 bits per heavy atom. The molecule has 1 saturated heterocycles. The van der Waals surface area contributed by atoms with Crippen LogP contribution in [0.2, 0.25) is 10.0 Å². The second-order valence-corrected chi connectivity index (χ2v) is 6.68. The molecule has 130 valence electrons. The van der Waals surface area contributed by atoms with Crippen LogP contribution in [0.3, 0.4) is 0 Å². The number of benzene rings is 2. The van der Waals surface area contributed by atoms with E-state index in [2.05, 4.69) is 15.5 Å². The zero-order chi connectivity index (χ0) is 17.8. The highest BCUT2D eigenvalue weighted by Gasteiger charge is 2.16. The molecule has 7 heteroatoms. The van der Waals surface area contributed by atoms with E-state index >= 15 is 0 Å². The number of carbonyl (C=O) groups is 2. The average Bonchev–Trinajstić information content (AvgIpc) is 3.09. The summed E-state index contributed by atoms with van der Waals surface area (Å²) in [7, 11) is 0. The third-order valence-electron chi connectivity index (χ3n) is 3.92. The van der Waals surface area contributed by atoms with Gasteiger partial charge in [0.1, 0.15) is 0 Å².